The molecule has 68 valence electrons. The Bertz CT molecular complexity index is 470. The maximum atomic E-state index is 11.6. The minimum absolute atomic E-state index is 0.0515. The van der Waals surface area contributed by atoms with Crippen molar-refractivity contribution in [2.45, 2.75) is 19.8 Å². The fraction of sp³-hybridized carbons (Fsp3) is 0.375. The molecule has 0 aliphatic heterocycles. The molecule has 0 spiro atoms. The predicted octanol–water partition coefficient (Wildman–Crippen LogP) is 0.370. The summed E-state index contributed by atoms with van der Waals surface area (Å²) in [6.45, 7) is 2.03. The third kappa shape index (κ3) is 1.22. The summed E-state index contributed by atoms with van der Waals surface area (Å²) in [5, 5.41) is 2.72. The Morgan fingerprint density at radius 3 is 3.15 bits per heavy atom. The molecule has 2 aromatic heterocycles. The van der Waals surface area contributed by atoms with E-state index in [1.807, 2.05) is 6.92 Å². The van der Waals surface area contributed by atoms with Gasteiger partial charge in [0, 0.05) is 11.8 Å². The zero-order chi connectivity index (χ0) is 9.26. The van der Waals surface area contributed by atoms with Crippen LogP contribution in [0, 0.1) is 0 Å². The number of rotatable bonds is 2. The second kappa shape index (κ2) is 3.01. The van der Waals surface area contributed by atoms with Gasteiger partial charge in [-0.1, -0.05) is 13.3 Å². The molecule has 2 aromatic rings. The molecule has 0 saturated carbocycles. The van der Waals surface area contributed by atoms with Crippen molar-refractivity contribution in [1.29, 1.82) is 0 Å². The van der Waals surface area contributed by atoms with Crippen molar-refractivity contribution in [2.75, 3.05) is 0 Å². The molecule has 2 rings (SSSR count). The first-order chi connectivity index (χ1) is 6.33. The summed E-state index contributed by atoms with van der Waals surface area (Å²) in [5.74, 6) is 0.421. The Kier molecular flexibility index (Phi) is 1.84. The summed E-state index contributed by atoms with van der Waals surface area (Å²) in [7, 11) is 0. The van der Waals surface area contributed by atoms with Crippen LogP contribution in [0.1, 0.15) is 18.9 Å². The molecule has 0 atom stereocenters. The number of H-pyrrole nitrogens is 1. The average Bonchev–Trinajstić information content (AvgIpc) is 2.58. The second-order valence-electron chi connectivity index (χ2n) is 2.86. The lowest BCUT2D eigenvalue weighted by Crippen LogP contribution is -2.19. The average molecular weight is 178 g/mol. The number of hydrogen-bond donors (Lipinski definition) is 1. The van der Waals surface area contributed by atoms with Gasteiger partial charge in [0.1, 0.15) is 6.33 Å². The van der Waals surface area contributed by atoms with Crippen LogP contribution in [-0.4, -0.2) is 19.6 Å². The predicted molar refractivity (Wildman–Crippen MR) is 47.6 cm³/mol. The van der Waals surface area contributed by atoms with E-state index in [-0.39, 0.29) is 5.56 Å². The lowest BCUT2D eigenvalue weighted by molar-refractivity contribution is 0.831. The van der Waals surface area contributed by atoms with Crippen LogP contribution >= 0.6 is 0 Å². The first kappa shape index (κ1) is 7.97. The van der Waals surface area contributed by atoms with Gasteiger partial charge in [-0.2, -0.15) is 4.52 Å². The molecule has 5 heteroatoms. The molecule has 0 bridgehead atoms. The minimum Gasteiger partial charge on any atom is -0.278 e. The summed E-state index contributed by atoms with van der Waals surface area (Å²) < 4.78 is 1.35. The smallest absolute Gasteiger partial charge is 0.277 e. The molecule has 0 fully saturated rings. The molecule has 0 aliphatic rings. The Balaban J connectivity index is 2.67. The van der Waals surface area contributed by atoms with Gasteiger partial charge in [0.05, 0.1) is 0 Å². The molecule has 0 saturated heterocycles. The SMILES string of the molecule is CCCc1cnc2nc[nH]n2c1=O. The summed E-state index contributed by atoms with van der Waals surface area (Å²) in [6, 6.07) is 0. The lowest BCUT2D eigenvalue weighted by atomic mass is 10.2. The summed E-state index contributed by atoms with van der Waals surface area (Å²) >= 11 is 0. The zero-order valence-electron chi connectivity index (χ0n) is 7.32. The summed E-state index contributed by atoms with van der Waals surface area (Å²) in [5.41, 5.74) is 0.675. The van der Waals surface area contributed by atoms with Crippen LogP contribution < -0.4 is 5.56 Å². The maximum absolute atomic E-state index is 11.6. The third-order valence-corrected chi connectivity index (χ3v) is 1.90. The lowest BCUT2D eigenvalue weighted by Gasteiger charge is -1.96. The van der Waals surface area contributed by atoms with Gasteiger partial charge in [-0.3, -0.25) is 9.89 Å². The van der Waals surface area contributed by atoms with E-state index >= 15 is 0 Å². The van der Waals surface area contributed by atoms with Gasteiger partial charge in [-0.25, -0.2) is 9.97 Å². The Morgan fingerprint density at radius 2 is 2.38 bits per heavy atom. The number of aromatic amines is 1. The Morgan fingerprint density at radius 1 is 1.54 bits per heavy atom. The standard InChI is InChI=1S/C8H10N4O/c1-2-3-6-4-9-8-10-5-11-12(8)7(6)13/h4-5H,2-3H2,1H3,(H,9,10,11). The van der Waals surface area contributed by atoms with E-state index < -0.39 is 0 Å². The number of aryl methyl sites for hydroxylation is 1. The summed E-state index contributed by atoms with van der Waals surface area (Å²) in [6.07, 6.45) is 4.76. The zero-order valence-corrected chi connectivity index (χ0v) is 7.32. The van der Waals surface area contributed by atoms with E-state index in [2.05, 4.69) is 15.1 Å². The number of nitrogens with zero attached hydrogens (tertiary/aromatic N) is 3. The highest BCUT2D eigenvalue weighted by Crippen LogP contribution is 1.95. The molecule has 0 amide bonds. The van der Waals surface area contributed by atoms with Gasteiger partial charge >= 0.3 is 0 Å². The fourth-order valence-electron chi connectivity index (χ4n) is 1.28. The highest BCUT2D eigenvalue weighted by molar-refractivity contribution is 5.25. The number of nitrogens with one attached hydrogen (secondary N) is 1. The van der Waals surface area contributed by atoms with Crippen LogP contribution in [0.25, 0.3) is 5.78 Å². The molecule has 0 radical (unpaired) electrons. The Hall–Kier alpha value is -1.65. The van der Waals surface area contributed by atoms with Crippen molar-refractivity contribution in [3.8, 4) is 0 Å². The van der Waals surface area contributed by atoms with Crippen LogP contribution in [0.5, 0.6) is 0 Å². The van der Waals surface area contributed by atoms with Crippen molar-refractivity contribution >= 4 is 5.78 Å². The van der Waals surface area contributed by atoms with Gasteiger partial charge < -0.3 is 0 Å². The molecular weight excluding hydrogens is 168 g/mol. The van der Waals surface area contributed by atoms with Crippen molar-refractivity contribution in [2.24, 2.45) is 0 Å². The topological polar surface area (TPSA) is 63.1 Å². The van der Waals surface area contributed by atoms with Crippen LogP contribution in [0.4, 0.5) is 0 Å². The largest absolute Gasteiger partial charge is 0.278 e. The van der Waals surface area contributed by atoms with Crippen LogP contribution in [0.2, 0.25) is 0 Å². The third-order valence-electron chi connectivity index (χ3n) is 1.90. The molecule has 0 unspecified atom stereocenters. The van der Waals surface area contributed by atoms with Gasteiger partial charge in [0.25, 0.3) is 11.3 Å². The first-order valence-electron chi connectivity index (χ1n) is 4.23. The molecule has 2 heterocycles. The number of aromatic nitrogens is 4. The molecule has 5 nitrogen and oxygen atoms in total. The van der Waals surface area contributed by atoms with Gasteiger partial charge in [0.2, 0.25) is 0 Å². The van der Waals surface area contributed by atoms with Crippen LogP contribution in [0.3, 0.4) is 0 Å². The second-order valence-corrected chi connectivity index (χ2v) is 2.86. The van der Waals surface area contributed by atoms with E-state index in [1.54, 1.807) is 6.20 Å². The monoisotopic (exact) mass is 178 g/mol. The van der Waals surface area contributed by atoms with E-state index in [4.69, 9.17) is 0 Å². The van der Waals surface area contributed by atoms with Crippen molar-refractivity contribution < 1.29 is 0 Å². The molecule has 1 N–H and O–H groups in total. The van der Waals surface area contributed by atoms with Gasteiger partial charge in [0.15, 0.2) is 0 Å². The van der Waals surface area contributed by atoms with Crippen LogP contribution in [-0.2, 0) is 6.42 Å². The van der Waals surface area contributed by atoms with Gasteiger partial charge in [-0.05, 0) is 6.42 Å². The maximum Gasteiger partial charge on any atom is 0.277 e. The van der Waals surface area contributed by atoms with Crippen molar-refractivity contribution in [1.82, 2.24) is 19.6 Å². The minimum atomic E-state index is -0.0515. The summed E-state index contributed by atoms with van der Waals surface area (Å²) in [4.78, 5) is 19.5. The van der Waals surface area contributed by atoms with E-state index in [1.165, 1.54) is 10.8 Å². The fourth-order valence-corrected chi connectivity index (χ4v) is 1.28. The first-order valence-corrected chi connectivity index (χ1v) is 4.23. The normalized spacial score (nSPS) is 10.8. The quantitative estimate of drug-likeness (QED) is 0.722. The molecule has 13 heavy (non-hydrogen) atoms. The van der Waals surface area contributed by atoms with Crippen LogP contribution in [0.15, 0.2) is 17.3 Å². The number of fused-ring (bicyclic) bond motifs is 1. The number of hydrogen-bond acceptors (Lipinski definition) is 3. The Labute approximate surface area is 74.4 Å². The molecule has 0 aliphatic carbocycles. The van der Waals surface area contributed by atoms with Crippen molar-refractivity contribution in [3.63, 3.8) is 0 Å². The van der Waals surface area contributed by atoms with E-state index in [0.717, 1.165) is 18.4 Å². The van der Waals surface area contributed by atoms with E-state index in [0.29, 0.717) is 5.78 Å². The van der Waals surface area contributed by atoms with Crippen molar-refractivity contribution in [3.05, 3.63) is 28.4 Å². The molecule has 0 aromatic carbocycles. The van der Waals surface area contributed by atoms with E-state index in [9.17, 15) is 4.79 Å². The highest BCUT2D eigenvalue weighted by Gasteiger charge is 2.04. The van der Waals surface area contributed by atoms with Gasteiger partial charge in [-0.15, -0.1) is 0 Å². The molecular formula is C8H10N4O. The highest BCUT2D eigenvalue weighted by atomic mass is 16.1.